The zero-order valence-electron chi connectivity index (χ0n) is 8.13. The van der Waals surface area contributed by atoms with Crippen molar-refractivity contribution in [3.05, 3.63) is 39.3 Å². The summed E-state index contributed by atoms with van der Waals surface area (Å²) in [5.74, 6) is 0.0271. The first-order valence-corrected chi connectivity index (χ1v) is 5.70. The molecule has 0 unspecified atom stereocenters. The molecule has 2 nitrogen and oxygen atoms in total. The average molecular weight is 287 g/mol. The van der Waals surface area contributed by atoms with Crippen LogP contribution in [0, 0.1) is 0 Å². The molecule has 1 aliphatic heterocycles. The molecule has 4 heteroatoms. The highest BCUT2D eigenvalue weighted by Gasteiger charge is 2.23. The van der Waals surface area contributed by atoms with Crippen molar-refractivity contribution in [3.8, 4) is 0 Å². The van der Waals surface area contributed by atoms with Crippen molar-refractivity contribution in [1.29, 1.82) is 0 Å². The third-order valence-corrected chi connectivity index (χ3v) is 3.16. The third kappa shape index (κ3) is 1.94. The van der Waals surface area contributed by atoms with Crippen molar-refractivity contribution in [2.45, 2.75) is 6.92 Å². The Morgan fingerprint density at radius 2 is 2.20 bits per heavy atom. The quantitative estimate of drug-likeness (QED) is 0.775. The molecular weight excluding hydrogens is 277 g/mol. The number of carbonyl (C=O) groups excluding carboxylic acids is 1. The minimum absolute atomic E-state index is 0.0271. The maximum atomic E-state index is 11.7. The smallest absolute Gasteiger partial charge is 0.253 e. The number of halogens is 2. The average Bonchev–Trinajstić information content (AvgIpc) is 2.49. The van der Waals surface area contributed by atoms with Gasteiger partial charge in [0.05, 0.1) is 10.7 Å². The van der Waals surface area contributed by atoms with Gasteiger partial charge in [-0.25, -0.2) is 0 Å². The SMILES string of the molecule is CC1=CCN(c2ccc(Br)cc2Cl)C1=O. The van der Waals surface area contributed by atoms with E-state index in [0.29, 0.717) is 11.6 Å². The molecule has 0 aliphatic carbocycles. The van der Waals surface area contributed by atoms with Gasteiger partial charge < -0.3 is 4.90 Å². The fourth-order valence-corrected chi connectivity index (χ4v) is 2.29. The summed E-state index contributed by atoms with van der Waals surface area (Å²) >= 11 is 9.41. The predicted molar refractivity (Wildman–Crippen MR) is 65.3 cm³/mol. The van der Waals surface area contributed by atoms with E-state index in [1.165, 1.54) is 0 Å². The van der Waals surface area contributed by atoms with E-state index >= 15 is 0 Å². The lowest BCUT2D eigenvalue weighted by molar-refractivity contribution is -0.114. The van der Waals surface area contributed by atoms with Crippen LogP contribution < -0.4 is 4.90 Å². The summed E-state index contributed by atoms with van der Waals surface area (Å²) in [6, 6.07) is 5.51. The van der Waals surface area contributed by atoms with Crippen LogP contribution in [-0.4, -0.2) is 12.5 Å². The molecule has 1 amide bonds. The molecule has 0 fully saturated rings. The molecule has 0 atom stereocenters. The summed E-state index contributed by atoms with van der Waals surface area (Å²) in [5.41, 5.74) is 1.53. The number of hydrogen-bond acceptors (Lipinski definition) is 1. The molecular formula is C11H9BrClNO. The van der Waals surface area contributed by atoms with Crippen LogP contribution in [0.5, 0.6) is 0 Å². The molecule has 0 aromatic heterocycles. The number of rotatable bonds is 1. The van der Waals surface area contributed by atoms with Crippen molar-refractivity contribution >= 4 is 39.1 Å². The Hall–Kier alpha value is -0.800. The molecule has 0 saturated heterocycles. The molecule has 0 spiro atoms. The maximum Gasteiger partial charge on any atom is 0.253 e. The molecule has 1 aliphatic rings. The van der Waals surface area contributed by atoms with Gasteiger partial charge in [-0.2, -0.15) is 0 Å². The van der Waals surface area contributed by atoms with Crippen LogP contribution in [0.25, 0.3) is 0 Å². The van der Waals surface area contributed by atoms with E-state index in [1.807, 2.05) is 25.1 Å². The van der Waals surface area contributed by atoms with Gasteiger partial charge in [0, 0.05) is 16.6 Å². The molecule has 0 N–H and O–H groups in total. The summed E-state index contributed by atoms with van der Waals surface area (Å²) in [4.78, 5) is 13.4. The normalized spacial score (nSPS) is 15.8. The standard InChI is InChI=1S/C11H9BrClNO/c1-7-4-5-14(11(7)15)10-3-2-8(12)6-9(10)13/h2-4,6H,5H2,1H3. The summed E-state index contributed by atoms with van der Waals surface area (Å²) in [6.07, 6.45) is 1.90. The van der Waals surface area contributed by atoms with Crippen LogP contribution in [0.2, 0.25) is 5.02 Å². The second-order valence-corrected chi connectivity index (χ2v) is 4.72. The van der Waals surface area contributed by atoms with Gasteiger partial charge >= 0.3 is 0 Å². The minimum Gasteiger partial charge on any atom is -0.303 e. The zero-order chi connectivity index (χ0) is 11.0. The second-order valence-electron chi connectivity index (χ2n) is 3.40. The highest BCUT2D eigenvalue weighted by atomic mass is 79.9. The van der Waals surface area contributed by atoms with Gasteiger partial charge in [-0.05, 0) is 25.1 Å². The lowest BCUT2D eigenvalue weighted by Crippen LogP contribution is -2.26. The van der Waals surface area contributed by atoms with Crippen LogP contribution in [0.15, 0.2) is 34.3 Å². The van der Waals surface area contributed by atoms with Gasteiger partial charge in [0.2, 0.25) is 0 Å². The van der Waals surface area contributed by atoms with E-state index in [0.717, 1.165) is 15.7 Å². The number of hydrogen-bond donors (Lipinski definition) is 0. The van der Waals surface area contributed by atoms with Crippen molar-refractivity contribution < 1.29 is 4.79 Å². The number of benzene rings is 1. The van der Waals surface area contributed by atoms with Gasteiger partial charge in [-0.3, -0.25) is 4.79 Å². The largest absolute Gasteiger partial charge is 0.303 e. The molecule has 1 heterocycles. The first-order chi connectivity index (χ1) is 7.09. The Morgan fingerprint density at radius 3 is 2.73 bits per heavy atom. The lowest BCUT2D eigenvalue weighted by atomic mass is 10.3. The fourth-order valence-electron chi connectivity index (χ4n) is 1.52. The van der Waals surface area contributed by atoms with Crippen molar-refractivity contribution in [3.63, 3.8) is 0 Å². The van der Waals surface area contributed by atoms with Gasteiger partial charge in [0.25, 0.3) is 5.91 Å². The Bertz CT molecular complexity index is 456. The second kappa shape index (κ2) is 3.99. The molecule has 1 aromatic carbocycles. The summed E-state index contributed by atoms with van der Waals surface area (Å²) in [7, 11) is 0. The summed E-state index contributed by atoms with van der Waals surface area (Å²) in [6.45, 7) is 2.42. The van der Waals surface area contributed by atoms with E-state index in [4.69, 9.17) is 11.6 Å². The van der Waals surface area contributed by atoms with E-state index < -0.39 is 0 Å². The Morgan fingerprint density at radius 1 is 1.47 bits per heavy atom. The molecule has 0 radical (unpaired) electrons. The molecule has 78 valence electrons. The Balaban J connectivity index is 2.36. The van der Waals surface area contributed by atoms with Crippen molar-refractivity contribution in [1.82, 2.24) is 0 Å². The van der Waals surface area contributed by atoms with Crippen LogP contribution >= 0.6 is 27.5 Å². The van der Waals surface area contributed by atoms with E-state index in [2.05, 4.69) is 15.9 Å². The monoisotopic (exact) mass is 285 g/mol. The van der Waals surface area contributed by atoms with Gasteiger partial charge in [0.1, 0.15) is 0 Å². The topological polar surface area (TPSA) is 20.3 Å². The fraction of sp³-hybridized carbons (Fsp3) is 0.182. The maximum absolute atomic E-state index is 11.7. The number of amides is 1. The van der Waals surface area contributed by atoms with Gasteiger partial charge in [-0.1, -0.05) is 33.6 Å². The van der Waals surface area contributed by atoms with E-state index in [9.17, 15) is 4.79 Å². The summed E-state index contributed by atoms with van der Waals surface area (Å²) < 4.78 is 0.910. The van der Waals surface area contributed by atoms with Crippen molar-refractivity contribution in [2.24, 2.45) is 0 Å². The van der Waals surface area contributed by atoms with Crippen LogP contribution in [0.1, 0.15) is 6.92 Å². The first kappa shape index (κ1) is 10.7. The minimum atomic E-state index is 0.0271. The van der Waals surface area contributed by atoms with Gasteiger partial charge in [0.15, 0.2) is 0 Å². The highest BCUT2D eigenvalue weighted by Crippen LogP contribution is 2.31. The number of anilines is 1. The van der Waals surface area contributed by atoms with Crippen LogP contribution in [0.3, 0.4) is 0 Å². The molecule has 0 saturated carbocycles. The van der Waals surface area contributed by atoms with Gasteiger partial charge in [-0.15, -0.1) is 0 Å². The molecule has 1 aromatic rings. The predicted octanol–water partition coefficient (Wildman–Crippen LogP) is 3.40. The zero-order valence-corrected chi connectivity index (χ0v) is 10.5. The Kier molecular flexibility index (Phi) is 2.85. The first-order valence-electron chi connectivity index (χ1n) is 4.53. The van der Waals surface area contributed by atoms with E-state index in [-0.39, 0.29) is 5.91 Å². The molecule has 0 bridgehead atoms. The van der Waals surface area contributed by atoms with Crippen LogP contribution in [0.4, 0.5) is 5.69 Å². The number of nitrogens with zero attached hydrogens (tertiary/aromatic N) is 1. The lowest BCUT2D eigenvalue weighted by Gasteiger charge is -2.17. The third-order valence-electron chi connectivity index (χ3n) is 2.36. The Labute approximate surface area is 102 Å². The highest BCUT2D eigenvalue weighted by molar-refractivity contribution is 9.10. The molecule has 2 rings (SSSR count). The van der Waals surface area contributed by atoms with Crippen LogP contribution in [-0.2, 0) is 4.79 Å². The van der Waals surface area contributed by atoms with Crippen molar-refractivity contribution in [2.75, 3.05) is 11.4 Å². The van der Waals surface area contributed by atoms with E-state index in [1.54, 1.807) is 11.0 Å². The molecule has 15 heavy (non-hydrogen) atoms. The number of carbonyl (C=O) groups is 1. The summed E-state index contributed by atoms with van der Waals surface area (Å²) in [5, 5.41) is 0.584.